The minimum absolute atomic E-state index is 0.421. The zero-order valence-electron chi connectivity index (χ0n) is 5.97. The van der Waals surface area contributed by atoms with Gasteiger partial charge in [-0.2, -0.15) is 0 Å². The van der Waals surface area contributed by atoms with Gasteiger partial charge >= 0.3 is 0 Å². The Labute approximate surface area is 87.2 Å². The van der Waals surface area contributed by atoms with Gasteiger partial charge in [-0.25, -0.2) is 13.2 Å². The van der Waals surface area contributed by atoms with Crippen LogP contribution in [0.1, 0.15) is 5.56 Å². The van der Waals surface area contributed by atoms with Gasteiger partial charge in [0.15, 0.2) is 17.5 Å². The van der Waals surface area contributed by atoms with E-state index in [9.17, 15) is 13.2 Å². The van der Waals surface area contributed by atoms with Gasteiger partial charge < -0.3 is 0 Å². The van der Waals surface area contributed by atoms with Crippen molar-refractivity contribution in [2.24, 2.45) is 0 Å². The molecule has 0 heterocycles. The Morgan fingerprint density at radius 1 is 0.846 bits per heavy atom. The summed E-state index contributed by atoms with van der Waals surface area (Å²) in [6.07, 6.45) is 0. The third-order valence-electron chi connectivity index (χ3n) is 1.43. The van der Waals surface area contributed by atoms with Crippen LogP contribution in [0.2, 0.25) is 10.0 Å². The summed E-state index contributed by atoms with van der Waals surface area (Å²) in [6.45, 7) is 0. The van der Waals surface area contributed by atoms with E-state index in [1.807, 2.05) is 0 Å². The van der Waals surface area contributed by atoms with E-state index < -0.39 is 38.9 Å². The SMILES string of the molecule is Fc1c(F)c(CCl)c(Cl)c(F)c1Cl. The fraction of sp³-hybridized carbons (Fsp3) is 0.143. The van der Waals surface area contributed by atoms with E-state index in [0.717, 1.165) is 0 Å². The number of alkyl halides is 1. The van der Waals surface area contributed by atoms with Gasteiger partial charge in [-0.05, 0) is 0 Å². The van der Waals surface area contributed by atoms with E-state index in [4.69, 9.17) is 34.8 Å². The second kappa shape index (κ2) is 3.95. The van der Waals surface area contributed by atoms with Crippen molar-refractivity contribution >= 4 is 34.8 Å². The lowest BCUT2D eigenvalue weighted by molar-refractivity contribution is 0.489. The maximum Gasteiger partial charge on any atom is 0.180 e. The number of benzene rings is 1. The highest BCUT2D eigenvalue weighted by Gasteiger charge is 2.21. The molecule has 0 aliphatic rings. The summed E-state index contributed by atoms with van der Waals surface area (Å²) in [6, 6.07) is 0. The molecule has 6 heteroatoms. The van der Waals surface area contributed by atoms with Crippen LogP contribution in [-0.4, -0.2) is 0 Å². The topological polar surface area (TPSA) is 0 Å². The zero-order valence-corrected chi connectivity index (χ0v) is 8.24. The first-order valence-electron chi connectivity index (χ1n) is 3.07. The van der Waals surface area contributed by atoms with Crippen LogP contribution in [-0.2, 0) is 5.88 Å². The van der Waals surface area contributed by atoms with Crippen LogP contribution in [0.15, 0.2) is 0 Å². The van der Waals surface area contributed by atoms with Crippen LogP contribution in [0.4, 0.5) is 13.2 Å². The van der Waals surface area contributed by atoms with Crippen molar-refractivity contribution in [2.75, 3.05) is 0 Å². The van der Waals surface area contributed by atoms with Crippen molar-refractivity contribution < 1.29 is 13.2 Å². The van der Waals surface area contributed by atoms with Gasteiger partial charge in [-0.15, -0.1) is 11.6 Å². The molecule has 72 valence electrons. The molecule has 1 aromatic carbocycles. The summed E-state index contributed by atoms with van der Waals surface area (Å²) in [7, 11) is 0. The summed E-state index contributed by atoms with van der Waals surface area (Å²) in [5, 5.41) is -1.55. The number of hydrogen-bond acceptors (Lipinski definition) is 0. The minimum atomic E-state index is -1.47. The first kappa shape index (κ1) is 11.0. The maximum atomic E-state index is 12.9. The first-order chi connectivity index (χ1) is 6.00. The van der Waals surface area contributed by atoms with E-state index in [-0.39, 0.29) is 0 Å². The van der Waals surface area contributed by atoms with Crippen molar-refractivity contribution in [1.82, 2.24) is 0 Å². The Balaban J connectivity index is 3.56. The van der Waals surface area contributed by atoms with Crippen LogP contribution < -0.4 is 0 Å². The van der Waals surface area contributed by atoms with Crippen LogP contribution in [0, 0.1) is 17.5 Å². The van der Waals surface area contributed by atoms with Gasteiger partial charge in [0.2, 0.25) is 0 Å². The lowest BCUT2D eigenvalue weighted by Crippen LogP contribution is -1.98. The summed E-state index contributed by atoms with van der Waals surface area (Å²) in [5.74, 6) is -4.40. The van der Waals surface area contributed by atoms with Crippen molar-refractivity contribution in [1.29, 1.82) is 0 Å². The number of rotatable bonds is 1. The molecular weight excluding hydrogens is 247 g/mol. The number of hydrogen-bond donors (Lipinski definition) is 0. The van der Waals surface area contributed by atoms with E-state index in [2.05, 4.69) is 0 Å². The predicted molar refractivity (Wildman–Crippen MR) is 45.9 cm³/mol. The van der Waals surface area contributed by atoms with E-state index in [0.29, 0.717) is 0 Å². The van der Waals surface area contributed by atoms with Crippen molar-refractivity contribution in [3.63, 3.8) is 0 Å². The van der Waals surface area contributed by atoms with E-state index in [1.54, 1.807) is 0 Å². The van der Waals surface area contributed by atoms with Gasteiger partial charge in [0.25, 0.3) is 0 Å². The third kappa shape index (κ3) is 1.73. The lowest BCUT2D eigenvalue weighted by atomic mass is 10.2. The molecule has 0 atom stereocenters. The average molecular weight is 249 g/mol. The second-order valence-corrected chi connectivity index (χ2v) is 3.21. The second-order valence-electron chi connectivity index (χ2n) is 2.18. The molecule has 0 aromatic heterocycles. The molecule has 0 aliphatic carbocycles. The zero-order chi connectivity index (χ0) is 10.2. The van der Waals surface area contributed by atoms with Crippen LogP contribution in [0.25, 0.3) is 0 Å². The van der Waals surface area contributed by atoms with Gasteiger partial charge in [-0.1, -0.05) is 23.2 Å². The number of halogens is 6. The van der Waals surface area contributed by atoms with Crippen molar-refractivity contribution in [2.45, 2.75) is 5.88 Å². The molecule has 0 fully saturated rings. The van der Waals surface area contributed by atoms with Gasteiger partial charge in [0.1, 0.15) is 5.02 Å². The standard InChI is InChI=1S/C7H2Cl3F3/c8-1-2-3(9)6(12)4(10)7(13)5(2)11/h1H2. The van der Waals surface area contributed by atoms with Gasteiger partial charge in [-0.3, -0.25) is 0 Å². The molecule has 0 spiro atoms. The molecule has 0 amide bonds. The monoisotopic (exact) mass is 248 g/mol. The summed E-state index contributed by atoms with van der Waals surface area (Å²) < 4.78 is 38.6. The maximum absolute atomic E-state index is 12.9. The minimum Gasteiger partial charge on any atom is -0.204 e. The average Bonchev–Trinajstić information content (AvgIpc) is 2.13. The van der Waals surface area contributed by atoms with Crippen LogP contribution in [0.5, 0.6) is 0 Å². The van der Waals surface area contributed by atoms with Crippen molar-refractivity contribution in [3.05, 3.63) is 33.1 Å². The molecule has 1 rings (SSSR count). The summed E-state index contributed by atoms with van der Waals surface area (Å²) >= 11 is 15.7. The Kier molecular flexibility index (Phi) is 3.33. The smallest absolute Gasteiger partial charge is 0.180 e. The first-order valence-corrected chi connectivity index (χ1v) is 4.36. The van der Waals surface area contributed by atoms with Gasteiger partial charge in [0.05, 0.1) is 10.9 Å². The van der Waals surface area contributed by atoms with E-state index in [1.165, 1.54) is 0 Å². The lowest BCUT2D eigenvalue weighted by Gasteiger charge is -2.06. The quantitative estimate of drug-likeness (QED) is 0.398. The van der Waals surface area contributed by atoms with Gasteiger partial charge in [0, 0.05) is 5.56 Å². The Bertz CT molecular complexity index is 322. The molecule has 0 aliphatic heterocycles. The molecule has 0 saturated heterocycles. The molecular formula is C7H2Cl3F3. The highest BCUT2D eigenvalue weighted by molar-refractivity contribution is 6.36. The summed E-state index contributed by atoms with van der Waals surface area (Å²) in [5.41, 5.74) is -0.428. The Morgan fingerprint density at radius 3 is 1.85 bits per heavy atom. The largest absolute Gasteiger partial charge is 0.204 e. The normalized spacial score (nSPS) is 10.6. The summed E-state index contributed by atoms with van der Waals surface area (Å²) in [4.78, 5) is 0. The van der Waals surface area contributed by atoms with Crippen molar-refractivity contribution in [3.8, 4) is 0 Å². The fourth-order valence-electron chi connectivity index (χ4n) is 0.768. The molecule has 0 unspecified atom stereocenters. The molecule has 0 saturated carbocycles. The highest BCUT2D eigenvalue weighted by atomic mass is 35.5. The third-order valence-corrected chi connectivity index (χ3v) is 2.43. The molecule has 0 nitrogen and oxygen atoms in total. The molecule has 1 aromatic rings. The molecule has 0 N–H and O–H groups in total. The molecule has 13 heavy (non-hydrogen) atoms. The predicted octanol–water partition coefficient (Wildman–Crippen LogP) is 4.15. The van der Waals surface area contributed by atoms with E-state index >= 15 is 0 Å². The Hall–Kier alpha value is -0.120. The highest BCUT2D eigenvalue weighted by Crippen LogP contribution is 2.32. The van der Waals surface area contributed by atoms with Crippen LogP contribution in [0.3, 0.4) is 0 Å². The molecule has 0 radical (unpaired) electrons. The fourth-order valence-corrected chi connectivity index (χ4v) is 1.56. The Morgan fingerprint density at radius 2 is 1.38 bits per heavy atom. The molecule has 0 bridgehead atoms. The van der Waals surface area contributed by atoms with Crippen LogP contribution >= 0.6 is 34.8 Å².